The van der Waals surface area contributed by atoms with E-state index in [2.05, 4.69) is 48.8 Å². The van der Waals surface area contributed by atoms with Crippen molar-refractivity contribution in [2.75, 3.05) is 13.1 Å². The van der Waals surface area contributed by atoms with Crippen LogP contribution in [-0.2, 0) is 4.79 Å². The van der Waals surface area contributed by atoms with E-state index in [0.29, 0.717) is 25.9 Å². The molecule has 0 radical (unpaired) electrons. The maximum atomic E-state index is 13.8. The summed E-state index contributed by atoms with van der Waals surface area (Å²) in [4.78, 5) is 30.8. The lowest BCUT2D eigenvalue weighted by Gasteiger charge is -2.42. The molecule has 2 amide bonds. The Morgan fingerprint density at radius 1 is 1.08 bits per heavy atom. The van der Waals surface area contributed by atoms with Crippen LogP contribution in [0.15, 0.2) is 103 Å². The van der Waals surface area contributed by atoms with Crippen molar-refractivity contribution in [2.24, 2.45) is 5.41 Å². The van der Waals surface area contributed by atoms with Crippen LogP contribution in [0.1, 0.15) is 42.3 Å². The third kappa shape index (κ3) is 5.36. The van der Waals surface area contributed by atoms with Gasteiger partial charge in [0.25, 0.3) is 5.91 Å². The molecule has 2 heterocycles. The molecule has 0 bridgehead atoms. The number of benzene rings is 1. The molecule has 1 aromatic heterocycles. The van der Waals surface area contributed by atoms with Gasteiger partial charge in [0.2, 0.25) is 5.91 Å². The van der Waals surface area contributed by atoms with Crippen molar-refractivity contribution >= 4 is 23.2 Å². The zero-order valence-electron chi connectivity index (χ0n) is 20.9. The number of allylic oxidation sites excluding steroid dienone is 5. The summed E-state index contributed by atoms with van der Waals surface area (Å²) < 4.78 is 0. The molecule has 1 aliphatic heterocycles. The average molecular weight is 499 g/mol. The van der Waals surface area contributed by atoms with Gasteiger partial charge < -0.3 is 10.2 Å². The smallest absolute Gasteiger partial charge is 0.263 e. The second-order valence-electron chi connectivity index (χ2n) is 9.35. The molecule has 0 unspecified atom stereocenters. The number of hydrogen-bond donors (Lipinski definition) is 1. The normalized spacial score (nSPS) is 18.2. The van der Waals surface area contributed by atoms with E-state index in [1.807, 2.05) is 48.2 Å². The number of piperidine rings is 1. The summed E-state index contributed by atoms with van der Waals surface area (Å²) in [6, 6.07) is 13.9. The van der Waals surface area contributed by atoms with Crippen molar-refractivity contribution in [3.05, 3.63) is 108 Å². The van der Waals surface area contributed by atoms with Gasteiger partial charge in [-0.15, -0.1) is 11.3 Å². The standard InChI is InChI=1S/C31H34N2O2S/c1-4-12-26(5-2)31(30(35)32-23(3)24-13-8-6-9-14-24)19-21-33(22-20-31)29(34)28-18-17-27(36-28)25-15-10-7-11-16-25/h4-5,7-8,10-18,23H,1-2,6,9,19-22H2,3H3,(H,32,35)/b26-12+/t23-/m0/s1. The SMILES string of the molecule is C=C/C=C(\C=C)C1(C(=O)N[C@@H](C)C2=CCCC=C2)CCN(C(=O)c2ccc(-c3ccccc3)s2)CC1. The fourth-order valence-electron chi connectivity index (χ4n) is 5.03. The molecule has 2 aromatic rings. The number of rotatable bonds is 8. The lowest BCUT2D eigenvalue weighted by atomic mass is 9.71. The molecule has 1 atom stereocenters. The van der Waals surface area contributed by atoms with Gasteiger partial charge in [0.05, 0.1) is 16.3 Å². The topological polar surface area (TPSA) is 49.4 Å². The molecular formula is C31H34N2O2S. The number of likely N-dealkylation sites (tertiary alicyclic amines) is 1. The van der Waals surface area contributed by atoms with Crippen LogP contribution < -0.4 is 5.32 Å². The van der Waals surface area contributed by atoms with Crippen molar-refractivity contribution in [2.45, 2.75) is 38.6 Å². The van der Waals surface area contributed by atoms with Crippen LogP contribution in [0, 0.1) is 5.41 Å². The molecular weight excluding hydrogens is 464 g/mol. The number of nitrogens with one attached hydrogen (secondary N) is 1. The Hall–Kier alpha value is -3.44. The molecule has 36 heavy (non-hydrogen) atoms. The monoisotopic (exact) mass is 498 g/mol. The minimum Gasteiger partial charge on any atom is -0.349 e. The van der Waals surface area contributed by atoms with Crippen molar-refractivity contribution in [1.82, 2.24) is 10.2 Å². The van der Waals surface area contributed by atoms with Crippen LogP contribution in [0.2, 0.25) is 0 Å². The predicted octanol–water partition coefficient (Wildman–Crippen LogP) is 6.72. The van der Waals surface area contributed by atoms with Gasteiger partial charge in [-0.25, -0.2) is 0 Å². The summed E-state index contributed by atoms with van der Waals surface area (Å²) in [5.74, 6) is 0.00682. The molecule has 0 saturated carbocycles. The highest BCUT2D eigenvalue weighted by molar-refractivity contribution is 7.17. The largest absolute Gasteiger partial charge is 0.349 e. The van der Waals surface area contributed by atoms with Crippen molar-refractivity contribution in [1.29, 1.82) is 0 Å². The number of hydrogen-bond acceptors (Lipinski definition) is 3. The van der Waals surface area contributed by atoms with E-state index in [4.69, 9.17) is 0 Å². The van der Waals surface area contributed by atoms with Crippen LogP contribution in [0.5, 0.6) is 0 Å². The van der Waals surface area contributed by atoms with Crippen LogP contribution >= 0.6 is 11.3 Å². The summed E-state index contributed by atoms with van der Waals surface area (Å²) in [5.41, 5.74) is 2.35. The van der Waals surface area contributed by atoms with E-state index < -0.39 is 5.41 Å². The van der Waals surface area contributed by atoms with E-state index in [1.54, 1.807) is 12.2 Å². The summed E-state index contributed by atoms with van der Waals surface area (Å²) in [6.45, 7) is 10.9. The van der Waals surface area contributed by atoms with Crippen LogP contribution in [0.3, 0.4) is 0 Å². The van der Waals surface area contributed by atoms with Crippen LogP contribution in [0.4, 0.5) is 0 Å². The Morgan fingerprint density at radius 2 is 1.83 bits per heavy atom. The highest BCUT2D eigenvalue weighted by Gasteiger charge is 2.44. The lowest BCUT2D eigenvalue weighted by molar-refractivity contribution is -0.131. The van der Waals surface area contributed by atoms with Crippen LogP contribution in [-0.4, -0.2) is 35.8 Å². The van der Waals surface area contributed by atoms with E-state index in [9.17, 15) is 9.59 Å². The Kier molecular flexibility index (Phi) is 8.21. The number of carbonyl (C=O) groups is 2. The van der Waals surface area contributed by atoms with E-state index in [-0.39, 0.29) is 17.9 Å². The summed E-state index contributed by atoms with van der Waals surface area (Å²) >= 11 is 1.51. The summed E-state index contributed by atoms with van der Waals surface area (Å²) in [6.07, 6.45) is 14.9. The lowest BCUT2D eigenvalue weighted by Crippen LogP contribution is -2.52. The molecule has 1 aliphatic carbocycles. The molecule has 2 aliphatic rings. The first kappa shape index (κ1) is 25.6. The maximum Gasteiger partial charge on any atom is 0.263 e. The molecule has 4 rings (SSSR count). The van der Waals surface area contributed by atoms with Gasteiger partial charge in [-0.1, -0.05) is 79.9 Å². The Morgan fingerprint density at radius 3 is 2.47 bits per heavy atom. The third-order valence-corrected chi connectivity index (χ3v) is 8.28. The molecule has 0 spiro atoms. The van der Waals surface area contributed by atoms with Crippen molar-refractivity contribution < 1.29 is 9.59 Å². The van der Waals surface area contributed by atoms with Gasteiger partial charge >= 0.3 is 0 Å². The minimum absolute atomic E-state index is 0.0162. The molecule has 1 saturated heterocycles. The Bertz CT molecular complexity index is 1210. The fraction of sp³-hybridized carbons (Fsp3) is 0.290. The Labute approximate surface area is 218 Å². The van der Waals surface area contributed by atoms with Crippen molar-refractivity contribution in [3.63, 3.8) is 0 Å². The quantitative estimate of drug-likeness (QED) is 0.411. The number of amides is 2. The second-order valence-corrected chi connectivity index (χ2v) is 10.4. The molecule has 1 fully saturated rings. The van der Waals surface area contributed by atoms with Gasteiger partial charge in [-0.3, -0.25) is 9.59 Å². The maximum absolute atomic E-state index is 13.8. The van der Waals surface area contributed by atoms with E-state index in [1.165, 1.54) is 11.3 Å². The molecule has 5 heteroatoms. The molecule has 1 N–H and O–H groups in total. The molecule has 1 aromatic carbocycles. The van der Waals surface area contributed by atoms with Gasteiger partial charge in [0.15, 0.2) is 0 Å². The van der Waals surface area contributed by atoms with E-state index >= 15 is 0 Å². The minimum atomic E-state index is -0.745. The predicted molar refractivity (Wildman–Crippen MR) is 150 cm³/mol. The highest BCUT2D eigenvalue weighted by Crippen LogP contribution is 2.41. The van der Waals surface area contributed by atoms with E-state index in [0.717, 1.165) is 39.3 Å². The van der Waals surface area contributed by atoms with Crippen LogP contribution in [0.25, 0.3) is 10.4 Å². The Balaban J connectivity index is 1.50. The summed E-state index contributed by atoms with van der Waals surface area (Å²) in [5, 5.41) is 3.25. The van der Waals surface area contributed by atoms with Crippen molar-refractivity contribution in [3.8, 4) is 10.4 Å². The first-order valence-corrected chi connectivity index (χ1v) is 13.4. The number of carbonyl (C=O) groups excluding carboxylic acids is 2. The van der Waals surface area contributed by atoms with Gasteiger partial charge in [-0.2, -0.15) is 0 Å². The zero-order chi connectivity index (χ0) is 25.5. The number of thiophene rings is 1. The molecule has 186 valence electrons. The van der Waals surface area contributed by atoms with Gasteiger partial charge in [0.1, 0.15) is 0 Å². The fourth-order valence-corrected chi connectivity index (χ4v) is 6.01. The third-order valence-electron chi connectivity index (χ3n) is 7.16. The first-order valence-electron chi connectivity index (χ1n) is 12.6. The zero-order valence-corrected chi connectivity index (χ0v) is 21.7. The van der Waals surface area contributed by atoms with Gasteiger partial charge in [0, 0.05) is 18.0 Å². The molecule has 4 nitrogen and oxygen atoms in total. The average Bonchev–Trinajstić information content (AvgIpc) is 3.43. The highest BCUT2D eigenvalue weighted by atomic mass is 32.1. The first-order chi connectivity index (χ1) is 17.5. The summed E-state index contributed by atoms with van der Waals surface area (Å²) in [7, 11) is 0. The second kappa shape index (κ2) is 11.5. The number of nitrogens with zero attached hydrogens (tertiary/aromatic N) is 1. The van der Waals surface area contributed by atoms with Gasteiger partial charge in [-0.05, 0) is 61.4 Å².